The second-order valence-corrected chi connectivity index (χ2v) is 4.38. The lowest BCUT2D eigenvalue weighted by atomic mass is 10.1. The van der Waals surface area contributed by atoms with Gasteiger partial charge < -0.3 is 15.2 Å². The maximum absolute atomic E-state index is 5.72. The fourth-order valence-electron chi connectivity index (χ4n) is 1.73. The summed E-state index contributed by atoms with van der Waals surface area (Å²) < 4.78 is 10.8. The molecule has 100 valence electrons. The number of benzene rings is 1. The molecule has 0 fully saturated rings. The van der Waals surface area contributed by atoms with Crippen LogP contribution in [0.4, 0.5) is 0 Å². The molecule has 1 heterocycles. The van der Waals surface area contributed by atoms with E-state index in [1.54, 1.807) is 0 Å². The number of hydrogen-bond donors (Lipinski definition) is 1. The Kier molecular flexibility index (Phi) is 4.65. The lowest BCUT2D eigenvalue weighted by Crippen LogP contribution is -2.15. The highest BCUT2D eigenvalue weighted by Gasteiger charge is 2.10. The molecule has 4 nitrogen and oxygen atoms in total. The zero-order valence-electron chi connectivity index (χ0n) is 10.8. The molecule has 0 aliphatic heterocycles. The average molecular weight is 276 g/mol. The number of fused-ring (bicyclic) bond motifs is 1. The van der Waals surface area contributed by atoms with Crippen molar-refractivity contribution < 1.29 is 9.47 Å². The number of nitrogens with two attached hydrogens (primary N) is 1. The van der Waals surface area contributed by atoms with Crippen molar-refractivity contribution in [2.75, 3.05) is 19.8 Å². The van der Waals surface area contributed by atoms with Gasteiger partial charge in [0.25, 0.3) is 0 Å². The molecule has 0 amide bonds. The van der Waals surface area contributed by atoms with E-state index in [9.17, 15) is 0 Å². The van der Waals surface area contributed by atoms with Crippen LogP contribution in [0.5, 0.6) is 5.88 Å². The monoisotopic (exact) mass is 276 g/mol. The number of hydrogen-bond acceptors (Lipinski definition) is 4. The molecule has 1 aromatic heterocycles. The van der Waals surface area contributed by atoms with Crippen LogP contribution in [0.1, 0.15) is 12.5 Å². The van der Waals surface area contributed by atoms with Gasteiger partial charge in [0.1, 0.15) is 11.6 Å². The summed E-state index contributed by atoms with van der Waals surface area (Å²) >= 11 is 5.04. The predicted molar refractivity (Wildman–Crippen MR) is 79.6 cm³/mol. The Morgan fingerprint density at radius 1 is 1.32 bits per heavy atom. The van der Waals surface area contributed by atoms with Gasteiger partial charge in [0.2, 0.25) is 5.88 Å². The van der Waals surface area contributed by atoms with E-state index in [4.69, 9.17) is 27.4 Å². The molecule has 2 N–H and O–H groups in total. The van der Waals surface area contributed by atoms with Crippen LogP contribution < -0.4 is 10.5 Å². The van der Waals surface area contributed by atoms with Crippen LogP contribution >= 0.6 is 12.2 Å². The van der Waals surface area contributed by atoms with E-state index in [0.29, 0.717) is 31.3 Å². The summed E-state index contributed by atoms with van der Waals surface area (Å²) in [5.41, 5.74) is 7.23. The summed E-state index contributed by atoms with van der Waals surface area (Å²) in [7, 11) is 0. The van der Waals surface area contributed by atoms with Gasteiger partial charge in [-0.25, -0.2) is 4.98 Å². The topological polar surface area (TPSA) is 57.4 Å². The normalized spacial score (nSPS) is 10.6. The van der Waals surface area contributed by atoms with Crippen molar-refractivity contribution in [2.45, 2.75) is 6.92 Å². The van der Waals surface area contributed by atoms with Crippen LogP contribution in [0.2, 0.25) is 0 Å². The molecule has 19 heavy (non-hydrogen) atoms. The van der Waals surface area contributed by atoms with Crippen molar-refractivity contribution in [3.63, 3.8) is 0 Å². The number of aromatic nitrogens is 1. The summed E-state index contributed by atoms with van der Waals surface area (Å²) in [6.07, 6.45) is 0. The van der Waals surface area contributed by atoms with Gasteiger partial charge in [-0.05, 0) is 19.1 Å². The minimum atomic E-state index is 0.282. The molecule has 0 saturated carbocycles. The van der Waals surface area contributed by atoms with E-state index in [2.05, 4.69) is 4.98 Å². The summed E-state index contributed by atoms with van der Waals surface area (Å²) in [5, 5.41) is 0.988. The smallest absolute Gasteiger partial charge is 0.224 e. The second kappa shape index (κ2) is 6.45. The Morgan fingerprint density at radius 2 is 2.11 bits per heavy atom. The molecular formula is C14H16N2O2S. The molecular weight excluding hydrogens is 260 g/mol. The van der Waals surface area contributed by atoms with E-state index in [1.807, 2.05) is 37.3 Å². The lowest BCUT2D eigenvalue weighted by Gasteiger charge is -2.11. The van der Waals surface area contributed by atoms with Crippen LogP contribution in [0.15, 0.2) is 30.3 Å². The fourth-order valence-corrected chi connectivity index (χ4v) is 1.87. The highest BCUT2D eigenvalue weighted by atomic mass is 32.1. The predicted octanol–water partition coefficient (Wildman–Crippen LogP) is 2.28. The molecule has 0 bridgehead atoms. The van der Waals surface area contributed by atoms with Crippen LogP contribution in [-0.2, 0) is 4.74 Å². The van der Waals surface area contributed by atoms with Crippen molar-refractivity contribution >= 4 is 28.1 Å². The maximum atomic E-state index is 5.72. The van der Waals surface area contributed by atoms with Gasteiger partial charge >= 0.3 is 0 Å². The molecule has 1 aromatic carbocycles. The summed E-state index contributed by atoms with van der Waals surface area (Å²) in [6, 6.07) is 9.67. The third kappa shape index (κ3) is 3.39. The highest BCUT2D eigenvalue weighted by molar-refractivity contribution is 7.80. The second-order valence-electron chi connectivity index (χ2n) is 3.94. The molecule has 0 unspecified atom stereocenters. The number of pyridine rings is 1. The van der Waals surface area contributed by atoms with Crippen molar-refractivity contribution in [2.24, 2.45) is 5.73 Å². The molecule has 0 atom stereocenters. The van der Waals surface area contributed by atoms with Crippen molar-refractivity contribution in [3.8, 4) is 5.88 Å². The van der Waals surface area contributed by atoms with E-state index in [-0.39, 0.29) is 4.99 Å². The van der Waals surface area contributed by atoms with Gasteiger partial charge in [0.05, 0.1) is 17.7 Å². The average Bonchev–Trinajstić information content (AvgIpc) is 2.42. The Balaban J connectivity index is 2.28. The van der Waals surface area contributed by atoms with Crippen LogP contribution in [0, 0.1) is 0 Å². The third-order valence-corrected chi connectivity index (χ3v) is 2.84. The van der Waals surface area contributed by atoms with Gasteiger partial charge in [-0.3, -0.25) is 0 Å². The van der Waals surface area contributed by atoms with Crippen molar-refractivity contribution in [3.05, 3.63) is 35.9 Å². The zero-order valence-corrected chi connectivity index (χ0v) is 11.6. The number of nitrogens with zero attached hydrogens (tertiary/aromatic N) is 1. The first-order valence-corrected chi connectivity index (χ1v) is 6.53. The molecule has 0 aliphatic rings. The van der Waals surface area contributed by atoms with Gasteiger partial charge in [0, 0.05) is 12.0 Å². The van der Waals surface area contributed by atoms with Crippen LogP contribution in [0.25, 0.3) is 10.9 Å². The Hall–Kier alpha value is -1.72. The fraction of sp³-hybridized carbons (Fsp3) is 0.286. The first-order chi connectivity index (χ1) is 9.22. The van der Waals surface area contributed by atoms with E-state index < -0.39 is 0 Å². The van der Waals surface area contributed by atoms with Gasteiger partial charge in [-0.1, -0.05) is 30.4 Å². The quantitative estimate of drug-likeness (QED) is 0.648. The SMILES string of the molecule is CCOCCOc1nc2ccccc2cc1C(N)=S. The summed E-state index contributed by atoms with van der Waals surface area (Å²) in [6.45, 7) is 3.54. The lowest BCUT2D eigenvalue weighted by molar-refractivity contribution is 0.108. The van der Waals surface area contributed by atoms with Crippen molar-refractivity contribution in [1.29, 1.82) is 0 Å². The Labute approximate surface area is 117 Å². The molecule has 2 rings (SSSR count). The first kappa shape index (κ1) is 13.7. The summed E-state index contributed by atoms with van der Waals surface area (Å²) in [5.74, 6) is 0.464. The first-order valence-electron chi connectivity index (χ1n) is 6.12. The molecule has 2 aromatic rings. The highest BCUT2D eigenvalue weighted by Crippen LogP contribution is 2.22. The Morgan fingerprint density at radius 3 is 2.84 bits per heavy atom. The van der Waals surface area contributed by atoms with Crippen LogP contribution in [-0.4, -0.2) is 29.8 Å². The minimum absolute atomic E-state index is 0.282. The Bertz CT molecular complexity index is 587. The zero-order chi connectivity index (χ0) is 13.7. The maximum Gasteiger partial charge on any atom is 0.224 e. The van der Waals surface area contributed by atoms with E-state index >= 15 is 0 Å². The molecule has 0 spiro atoms. The molecule has 5 heteroatoms. The molecule has 0 radical (unpaired) electrons. The summed E-state index contributed by atoms with van der Waals surface area (Å²) in [4.78, 5) is 4.73. The standard InChI is InChI=1S/C14H16N2O2S/c1-2-17-7-8-18-14-11(13(15)19)9-10-5-3-4-6-12(10)16-14/h3-6,9H,2,7-8H2,1H3,(H2,15,19). The molecule has 0 saturated heterocycles. The number of ether oxygens (including phenoxy) is 2. The van der Waals surface area contributed by atoms with Gasteiger partial charge in [0.15, 0.2) is 0 Å². The van der Waals surface area contributed by atoms with Gasteiger partial charge in [-0.15, -0.1) is 0 Å². The van der Waals surface area contributed by atoms with Crippen molar-refractivity contribution in [1.82, 2.24) is 4.98 Å². The van der Waals surface area contributed by atoms with E-state index in [1.165, 1.54) is 0 Å². The van der Waals surface area contributed by atoms with E-state index in [0.717, 1.165) is 10.9 Å². The number of para-hydroxylation sites is 1. The number of rotatable bonds is 6. The third-order valence-electron chi connectivity index (χ3n) is 2.63. The largest absolute Gasteiger partial charge is 0.475 e. The van der Waals surface area contributed by atoms with Crippen LogP contribution in [0.3, 0.4) is 0 Å². The van der Waals surface area contributed by atoms with Gasteiger partial charge in [-0.2, -0.15) is 0 Å². The minimum Gasteiger partial charge on any atom is -0.475 e. The number of thiocarbonyl (C=S) groups is 1. The molecule has 0 aliphatic carbocycles.